The Hall–Kier alpha value is 0.214. The van der Waals surface area contributed by atoms with Gasteiger partial charge in [-0.3, -0.25) is 0 Å². The van der Waals surface area contributed by atoms with Crippen LogP contribution in [0.15, 0.2) is 0 Å². The van der Waals surface area contributed by atoms with E-state index >= 15 is 0 Å². The molecule has 0 aliphatic carbocycles. The molecule has 0 aromatic heterocycles. The fraction of sp³-hybridized carbons (Fsp3) is 1.00. The Morgan fingerprint density at radius 2 is 2.00 bits per heavy atom. The van der Waals surface area contributed by atoms with Crippen molar-refractivity contribution in [1.82, 2.24) is 0 Å². The third kappa shape index (κ3) is 8.88. The van der Waals surface area contributed by atoms with Gasteiger partial charge in [0.2, 0.25) is 0 Å². The van der Waals surface area contributed by atoms with Crippen LogP contribution in [-0.4, -0.2) is 16.3 Å². The van der Waals surface area contributed by atoms with E-state index in [4.69, 9.17) is 0 Å². The predicted molar refractivity (Wildman–Crippen MR) is 13.4 cm³/mol. The van der Waals surface area contributed by atoms with Crippen LogP contribution in [0.3, 0.4) is 0 Å². The molecule has 0 saturated heterocycles. The average Bonchev–Trinajstić information content (AvgIpc) is 1.38. The summed E-state index contributed by atoms with van der Waals surface area (Å²) in [6.07, 6.45) is 0. The van der Waals surface area contributed by atoms with E-state index in [0.29, 0.717) is 0 Å². The first-order chi connectivity index (χ1) is 2.27. The Balaban J connectivity index is 0. The van der Waals surface area contributed by atoms with Gasteiger partial charge in [-0.25, -0.2) is 0 Å². The van der Waals surface area contributed by atoms with Crippen molar-refractivity contribution < 1.29 is 32.5 Å². The molecule has 0 atom stereocenters. The van der Waals surface area contributed by atoms with Crippen LogP contribution >= 0.6 is 0 Å². The van der Waals surface area contributed by atoms with Crippen LogP contribution in [0.1, 0.15) is 0 Å². The molecule has 30 valence electrons. The normalized spacial score (nSPS) is 5.50. The summed E-state index contributed by atoms with van der Waals surface area (Å²) in [5, 5.41) is 0. The molecule has 5 heteroatoms. The van der Waals surface area contributed by atoms with E-state index in [0.717, 1.165) is 7.11 Å². The van der Waals surface area contributed by atoms with E-state index in [1.165, 1.54) is 0 Å². The molecule has 0 aliphatic rings. The Morgan fingerprint density at radius 1 is 1.83 bits per heavy atom. The summed E-state index contributed by atoms with van der Waals surface area (Å²) in [5.74, 6) is 0. The van der Waals surface area contributed by atoms with Crippen LogP contribution in [0, 0.1) is 0 Å². The summed E-state index contributed by atoms with van der Waals surface area (Å²) in [6.45, 7) is 0. The van der Waals surface area contributed by atoms with Gasteiger partial charge in [-0.05, 0) is 0 Å². The van der Waals surface area contributed by atoms with Crippen LogP contribution < -0.4 is 23.7 Å². The minimum Gasteiger partial charge on any atom is -0.591 e. The molecule has 0 amide bonds. The van der Waals surface area contributed by atoms with E-state index in [1.807, 2.05) is 0 Å². The SMILES string of the molecule is CO[Si](=O)[O-].[Li+]. The maximum absolute atomic E-state index is 9.22. The minimum absolute atomic E-state index is 0. The zero-order chi connectivity index (χ0) is 4.28. The Kier molecular flexibility index (Phi) is 8.27. The number of hydrogen-bond acceptors (Lipinski definition) is 3. The average molecular weight is 98.1 g/mol. The largest absolute Gasteiger partial charge is 1.00 e. The van der Waals surface area contributed by atoms with Gasteiger partial charge in [-0.2, -0.15) is 0 Å². The van der Waals surface area contributed by atoms with Crippen molar-refractivity contribution in [2.45, 2.75) is 0 Å². The zero-order valence-electron chi connectivity index (χ0n) is 3.72. The first kappa shape index (κ1) is 9.51. The molecule has 0 saturated carbocycles. The summed E-state index contributed by atoms with van der Waals surface area (Å²) in [5.41, 5.74) is 0. The van der Waals surface area contributed by atoms with Crippen LogP contribution in [-0.2, 0) is 8.89 Å². The minimum atomic E-state index is -2.87. The van der Waals surface area contributed by atoms with Gasteiger partial charge in [0, 0.05) is 7.11 Å². The number of rotatable bonds is 1. The van der Waals surface area contributed by atoms with E-state index in [2.05, 4.69) is 4.43 Å². The van der Waals surface area contributed by atoms with E-state index < -0.39 is 9.17 Å². The second-order valence-electron chi connectivity index (χ2n) is 0.454. The fourth-order valence-electron chi connectivity index (χ4n) is 0. The Morgan fingerprint density at radius 3 is 2.00 bits per heavy atom. The summed E-state index contributed by atoms with van der Waals surface area (Å²) in [7, 11) is -1.75. The van der Waals surface area contributed by atoms with Crippen LogP contribution in [0.25, 0.3) is 0 Å². The van der Waals surface area contributed by atoms with Gasteiger partial charge in [-0.15, -0.1) is 0 Å². The second-order valence-corrected chi connectivity index (χ2v) is 1.36. The molecular weight excluding hydrogens is 95.0 g/mol. The second kappa shape index (κ2) is 5.21. The van der Waals surface area contributed by atoms with Gasteiger partial charge in [0.25, 0.3) is 0 Å². The molecule has 3 nitrogen and oxygen atoms in total. The van der Waals surface area contributed by atoms with Crippen LogP contribution in [0.2, 0.25) is 0 Å². The molecule has 0 heterocycles. The van der Waals surface area contributed by atoms with Crippen LogP contribution in [0.5, 0.6) is 0 Å². The van der Waals surface area contributed by atoms with E-state index in [-0.39, 0.29) is 18.9 Å². The molecule has 0 rings (SSSR count). The molecule has 0 aromatic carbocycles. The third-order valence-electron chi connectivity index (χ3n) is 0.167. The monoisotopic (exact) mass is 98.0 g/mol. The van der Waals surface area contributed by atoms with Gasteiger partial charge in [-0.1, -0.05) is 0 Å². The predicted octanol–water partition coefficient (Wildman–Crippen LogP) is -4.59. The maximum atomic E-state index is 9.22. The summed E-state index contributed by atoms with van der Waals surface area (Å²) < 4.78 is 13.0. The van der Waals surface area contributed by atoms with Gasteiger partial charge in [0.1, 0.15) is 0 Å². The van der Waals surface area contributed by atoms with Gasteiger partial charge in [0.15, 0.2) is 0 Å². The van der Waals surface area contributed by atoms with Crippen LogP contribution in [0.4, 0.5) is 0 Å². The summed E-state index contributed by atoms with van der Waals surface area (Å²) in [4.78, 5) is 9.22. The third-order valence-corrected chi connectivity index (χ3v) is 0.500. The first-order valence-corrected chi connectivity index (χ1v) is 2.25. The van der Waals surface area contributed by atoms with Crippen molar-refractivity contribution in [2.24, 2.45) is 0 Å². The van der Waals surface area contributed by atoms with E-state index in [9.17, 15) is 9.26 Å². The van der Waals surface area contributed by atoms with Gasteiger partial charge < -0.3 is 13.7 Å². The molecule has 0 spiro atoms. The molecule has 0 radical (unpaired) electrons. The van der Waals surface area contributed by atoms with Crippen molar-refractivity contribution in [1.29, 1.82) is 0 Å². The molecule has 0 aliphatic heterocycles. The molecule has 0 bridgehead atoms. The van der Waals surface area contributed by atoms with Crippen molar-refractivity contribution in [3.63, 3.8) is 0 Å². The molecule has 0 aromatic rings. The topological polar surface area (TPSA) is 49.4 Å². The molecule has 6 heavy (non-hydrogen) atoms. The van der Waals surface area contributed by atoms with Gasteiger partial charge in [0.05, 0.1) is 0 Å². The van der Waals surface area contributed by atoms with Crippen molar-refractivity contribution >= 4 is 9.17 Å². The molecule has 0 N–H and O–H groups in total. The Labute approximate surface area is 49.4 Å². The van der Waals surface area contributed by atoms with Gasteiger partial charge >= 0.3 is 28.0 Å². The van der Waals surface area contributed by atoms with Crippen molar-refractivity contribution in [3.8, 4) is 0 Å². The molecular formula is CH3LiO3Si. The summed E-state index contributed by atoms with van der Waals surface area (Å²) in [6, 6.07) is 0. The zero-order valence-corrected chi connectivity index (χ0v) is 4.72. The fourth-order valence-corrected chi connectivity index (χ4v) is 0. The Bertz CT molecular complexity index is 46.1. The molecule has 0 unspecified atom stereocenters. The van der Waals surface area contributed by atoms with Crippen molar-refractivity contribution in [3.05, 3.63) is 0 Å². The smallest absolute Gasteiger partial charge is 0.591 e. The molecule has 0 fully saturated rings. The standard InChI is InChI=1S/CH3O3Si.Li/c1-4-5(2)3;/h1H3;/q-1;+1. The quantitative estimate of drug-likeness (QED) is 0.310. The first-order valence-electron chi connectivity index (χ1n) is 1.02. The maximum Gasteiger partial charge on any atom is 1.00 e. The van der Waals surface area contributed by atoms with Crippen molar-refractivity contribution in [2.75, 3.05) is 7.11 Å². The van der Waals surface area contributed by atoms with E-state index in [1.54, 1.807) is 0 Å². The summed E-state index contributed by atoms with van der Waals surface area (Å²) >= 11 is 0. The number of hydrogen-bond donors (Lipinski definition) is 0.